The van der Waals surface area contributed by atoms with Gasteiger partial charge in [0.05, 0.1) is 0 Å². The van der Waals surface area contributed by atoms with Crippen LogP contribution in [0.4, 0.5) is 4.79 Å². The molecule has 1 aliphatic rings. The zero-order valence-corrected chi connectivity index (χ0v) is 12.7. The molecule has 0 atom stereocenters. The average Bonchev–Trinajstić information content (AvgIpc) is 2.50. The molecule has 0 N–H and O–H groups in total. The van der Waals surface area contributed by atoms with E-state index in [0.717, 1.165) is 10.5 Å². The minimum atomic E-state index is -1.20. The highest BCUT2D eigenvalue weighted by molar-refractivity contribution is 9.25. The summed E-state index contributed by atoms with van der Waals surface area (Å²) in [6, 6.07) is 9.14. The lowest BCUT2D eigenvalue weighted by Crippen LogP contribution is -2.34. The van der Waals surface area contributed by atoms with Crippen LogP contribution in [0.5, 0.6) is 0 Å². The van der Waals surface area contributed by atoms with Gasteiger partial charge in [0.1, 0.15) is 0 Å². The monoisotopic (exact) mass is 372 g/mol. The van der Waals surface area contributed by atoms with Crippen LogP contribution in [0.15, 0.2) is 36.5 Å². The van der Waals surface area contributed by atoms with Crippen LogP contribution < -0.4 is 0 Å². The van der Waals surface area contributed by atoms with Crippen molar-refractivity contribution in [2.45, 2.75) is 3.36 Å². The standard InChI is InChI=1S/C12H10Br2N2O2/c1-15-10(17)12(13,14)16(11(15)18)8-7-9-5-3-2-4-6-9/h2-8H,1H3. The predicted molar refractivity (Wildman–Crippen MR) is 76.1 cm³/mol. The van der Waals surface area contributed by atoms with Gasteiger partial charge in [-0.05, 0) is 43.5 Å². The number of hydrogen-bond donors (Lipinski definition) is 0. The molecule has 1 fully saturated rings. The zero-order valence-electron chi connectivity index (χ0n) is 9.51. The third-order valence-electron chi connectivity index (χ3n) is 2.57. The highest BCUT2D eigenvalue weighted by Gasteiger charge is 2.52. The van der Waals surface area contributed by atoms with Gasteiger partial charge in [-0.25, -0.2) is 4.79 Å². The van der Waals surface area contributed by atoms with Gasteiger partial charge in [0.15, 0.2) is 0 Å². The van der Waals surface area contributed by atoms with Crippen molar-refractivity contribution < 1.29 is 9.59 Å². The van der Waals surface area contributed by atoms with Gasteiger partial charge in [0, 0.05) is 13.2 Å². The molecule has 94 valence electrons. The molecule has 0 saturated carbocycles. The molecule has 0 spiro atoms. The number of urea groups is 1. The SMILES string of the molecule is CN1C(=O)N(C=Cc2ccccc2)C(Br)(Br)C1=O. The number of carbonyl (C=O) groups excluding carboxylic acids is 2. The Morgan fingerprint density at radius 3 is 2.28 bits per heavy atom. The summed E-state index contributed by atoms with van der Waals surface area (Å²) in [5.41, 5.74) is 0.947. The van der Waals surface area contributed by atoms with Crippen LogP contribution >= 0.6 is 31.9 Å². The summed E-state index contributed by atoms with van der Waals surface area (Å²) in [5.74, 6) is -0.356. The minimum Gasteiger partial charge on any atom is -0.269 e. The number of likely N-dealkylation sites (N-methyl/N-ethyl adjacent to an activating group) is 1. The Balaban J connectivity index is 2.26. The Labute approximate surface area is 122 Å². The maximum Gasteiger partial charge on any atom is 0.332 e. The maximum atomic E-state index is 11.9. The van der Waals surface area contributed by atoms with Gasteiger partial charge in [0.25, 0.3) is 5.91 Å². The second-order valence-corrected chi connectivity index (χ2v) is 7.14. The largest absolute Gasteiger partial charge is 0.332 e. The first kappa shape index (κ1) is 13.3. The summed E-state index contributed by atoms with van der Waals surface area (Å²) in [6.07, 6.45) is 3.34. The van der Waals surface area contributed by atoms with Gasteiger partial charge in [-0.3, -0.25) is 14.6 Å². The molecule has 0 aromatic heterocycles. The summed E-state index contributed by atoms with van der Waals surface area (Å²) in [5, 5.41) is 0. The van der Waals surface area contributed by atoms with E-state index in [1.165, 1.54) is 11.9 Å². The van der Waals surface area contributed by atoms with Crippen molar-refractivity contribution >= 4 is 49.9 Å². The van der Waals surface area contributed by atoms with Gasteiger partial charge < -0.3 is 0 Å². The lowest BCUT2D eigenvalue weighted by molar-refractivity contribution is -0.125. The maximum absolute atomic E-state index is 11.9. The van der Waals surface area contributed by atoms with Crippen LogP contribution in [0.25, 0.3) is 6.08 Å². The molecule has 1 saturated heterocycles. The van der Waals surface area contributed by atoms with Crippen molar-refractivity contribution in [3.05, 3.63) is 42.1 Å². The van der Waals surface area contributed by atoms with Crippen LogP contribution in [0.1, 0.15) is 5.56 Å². The lowest BCUT2D eigenvalue weighted by Gasteiger charge is -2.19. The molecule has 1 aliphatic heterocycles. The van der Waals surface area contributed by atoms with Crippen LogP contribution in [-0.4, -0.2) is 32.1 Å². The van der Waals surface area contributed by atoms with E-state index in [9.17, 15) is 9.59 Å². The summed E-state index contributed by atoms with van der Waals surface area (Å²) in [4.78, 5) is 26.0. The van der Waals surface area contributed by atoms with Crippen LogP contribution in [0.3, 0.4) is 0 Å². The molecule has 0 aliphatic carbocycles. The number of amides is 3. The second-order valence-electron chi connectivity index (χ2n) is 3.78. The zero-order chi connectivity index (χ0) is 13.3. The highest BCUT2D eigenvalue weighted by atomic mass is 79.9. The van der Waals surface area contributed by atoms with E-state index < -0.39 is 3.36 Å². The molecule has 1 aromatic rings. The molecule has 0 bridgehead atoms. The quantitative estimate of drug-likeness (QED) is 0.454. The first-order valence-electron chi connectivity index (χ1n) is 5.17. The van der Waals surface area contributed by atoms with Crippen LogP contribution in [0.2, 0.25) is 0 Å². The van der Waals surface area contributed by atoms with Gasteiger partial charge in [-0.2, -0.15) is 0 Å². The smallest absolute Gasteiger partial charge is 0.269 e. The van der Waals surface area contributed by atoms with E-state index in [1.807, 2.05) is 30.3 Å². The molecule has 0 radical (unpaired) electrons. The van der Waals surface area contributed by atoms with E-state index in [0.29, 0.717) is 0 Å². The number of nitrogens with zero attached hydrogens (tertiary/aromatic N) is 2. The number of benzene rings is 1. The summed E-state index contributed by atoms with van der Waals surface area (Å²) < 4.78 is -1.20. The van der Waals surface area contributed by atoms with Crippen molar-refractivity contribution in [3.8, 4) is 0 Å². The van der Waals surface area contributed by atoms with Crippen molar-refractivity contribution in [1.29, 1.82) is 0 Å². The molecule has 6 heteroatoms. The molecule has 4 nitrogen and oxygen atoms in total. The fraction of sp³-hybridized carbons (Fsp3) is 0.167. The highest BCUT2D eigenvalue weighted by Crippen LogP contribution is 2.39. The van der Waals surface area contributed by atoms with Gasteiger partial charge >= 0.3 is 6.03 Å². The number of halogens is 2. The molecular weight excluding hydrogens is 364 g/mol. The van der Waals surface area contributed by atoms with Gasteiger partial charge in [0.2, 0.25) is 3.36 Å². The number of carbonyl (C=O) groups is 2. The Kier molecular flexibility index (Phi) is 3.59. The van der Waals surface area contributed by atoms with Crippen LogP contribution in [-0.2, 0) is 4.79 Å². The molecule has 18 heavy (non-hydrogen) atoms. The number of alkyl halides is 2. The van der Waals surface area contributed by atoms with E-state index in [1.54, 1.807) is 12.3 Å². The normalized spacial score (nSPS) is 19.1. The summed E-state index contributed by atoms with van der Waals surface area (Å²) >= 11 is 6.42. The number of hydrogen-bond acceptors (Lipinski definition) is 2. The van der Waals surface area contributed by atoms with E-state index in [2.05, 4.69) is 31.9 Å². The van der Waals surface area contributed by atoms with E-state index in [-0.39, 0.29) is 11.9 Å². The minimum absolute atomic E-state index is 0.356. The first-order valence-corrected chi connectivity index (χ1v) is 6.75. The second kappa shape index (κ2) is 4.85. The molecule has 0 unspecified atom stereocenters. The van der Waals surface area contributed by atoms with Crippen molar-refractivity contribution in [2.75, 3.05) is 7.05 Å². The topological polar surface area (TPSA) is 40.6 Å². The molecular formula is C12H10Br2N2O2. The van der Waals surface area contributed by atoms with Crippen molar-refractivity contribution in [2.24, 2.45) is 0 Å². The molecule has 3 amide bonds. The van der Waals surface area contributed by atoms with Crippen LogP contribution in [0, 0.1) is 0 Å². The average molecular weight is 374 g/mol. The molecule has 1 aromatic carbocycles. The fourth-order valence-corrected chi connectivity index (χ4v) is 2.63. The van der Waals surface area contributed by atoms with Gasteiger partial charge in [-0.15, -0.1) is 0 Å². The summed E-state index contributed by atoms with van der Waals surface area (Å²) in [7, 11) is 1.44. The Hall–Kier alpha value is -1.14. The first-order chi connectivity index (χ1) is 8.44. The Morgan fingerprint density at radius 1 is 1.17 bits per heavy atom. The Bertz CT molecular complexity index is 514. The molecule has 1 heterocycles. The van der Waals surface area contributed by atoms with Crippen molar-refractivity contribution in [1.82, 2.24) is 9.80 Å². The van der Waals surface area contributed by atoms with Gasteiger partial charge in [-0.1, -0.05) is 30.3 Å². The molecule has 2 rings (SSSR count). The number of rotatable bonds is 2. The third kappa shape index (κ3) is 2.22. The van der Waals surface area contributed by atoms with E-state index in [4.69, 9.17) is 0 Å². The van der Waals surface area contributed by atoms with E-state index >= 15 is 0 Å². The Morgan fingerprint density at radius 2 is 1.78 bits per heavy atom. The predicted octanol–water partition coefficient (Wildman–Crippen LogP) is 2.99. The lowest BCUT2D eigenvalue weighted by atomic mass is 10.2. The summed E-state index contributed by atoms with van der Waals surface area (Å²) in [6.45, 7) is 0. The van der Waals surface area contributed by atoms with Crippen molar-refractivity contribution in [3.63, 3.8) is 0 Å². The number of imide groups is 1. The fourth-order valence-electron chi connectivity index (χ4n) is 1.56. The third-order valence-corrected chi connectivity index (χ3v) is 4.02.